The van der Waals surface area contributed by atoms with E-state index in [1.54, 1.807) is 4.68 Å². The van der Waals surface area contributed by atoms with Gasteiger partial charge in [0, 0.05) is 43.4 Å². The van der Waals surface area contributed by atoms with E-state index in [1.165, 1.54) is 0 Å². The van der Waals surface area contributed by atoms with Crippen LogP contribution < -0.4 is 0 Å². The fraction of sp³-hybridized carbons (Fsp3) is 0.320. The van der Waals surface area contributed by atoms with E-state index in [4.69, 9.17) is 5.10 Å². The maximum absolute atomic E-state index is 13.5. The summed E-state index contributed by atoms with van der Waals surface area (Å²) < 4.78 is 1.76. The van der Waals surface area contributed by atoms with Crippen LogP contribution in [0, 0.1) is 5.41 Å². The number of para-hydroxylation sites is 1. The van der Waals surface area contributed by atoms with Gasteiger partial charge in [0.1, 0.15) is 5.69 Å². The Labute approximate surface area is 183 Å². The van der Waals surface area contributed by atoms with E-state index in [1.807, 2.05) is 97.4 Å². The Kier molecular flexibility index (Phi) is 5.63. The van der Waals surface area contributed by atoms with Gasteiger partial charge >= 0.3 is 0 Å². The largest absolute Gasteiger partial charge is 0.339 e. The number of rotatable bonds is 3. The molecule has 2 aromatic carbocycles. The molecule has 0 saturated carbocycles. The predicted octanol–water partition coefficient (Wildman–Crippen LogP) is 3.87. The molecule has 0 N–H and O–H groups in total. The zero-order valence-electron chi connectivity index (χ0n) is 18.3. The molecular formula is C25H28N4O2. The molecule has 1 fully saturated rings. The van der Waals surface area contributed by atoms with Gasteiger partial charge in [0.15, 0.2) is 0 Å². The molecule has 0 unspecified atom stereocenters. The minimum Gasteiger partial charge on any atom is -0.339 e. The molecule has 4 rings (SSSR count). The molecule has 2 amide bonds. The van der Waals surface area contributed by atoms with Gasteiger partial charge in [-0.2, -0.15) is 5.10 Å². The first-order chi connectivity index (χ1) is 14.8. The number of hydrogen-bond acceptors (Lipinski definition) is 3. The number of carbonyl (C=O) groups is 2. The topological polar surface area (TPSA) is 58.4 Å². The maximum atomic E-state index is 13.5. The zero-order chi connectivity index (χ0) is 22.0. The normalized spacial score (nSPS) is 14.5. The van der Waals surface area contributed by atoms with E-state index in [0.717, 1.165) is 11.3 Å². The Morgan fingerprint density at radius 1 is 0.806 bits per heavy atom. The molecule has 6 heteroatoms. The van der Waals surface area contributed by atoms with Crippen LogP contribution in [-0.2, 0) is 4.79 Å². The van der Waals surface area contributed by atoms with Crippen LogP contribution in [0.25, 0.3) is 16.9 Å². The molecule has 31 heavy (non-hydrogen) atoms. The SMILES string of the molecule is CC(C)(C)C(=O)N1CCN(C(=O)c2cn(-c3ccccc3)nc2-c2ccccc2)CC1. The van der Waals surface area contributed by atoms with Crippen LogP contribution >= 0.6 is 0 Å². The summed E-state index contributed by atoms with van der Waals surface area (Å²) in [5.41, 5.74) is 2.64. The minimum absolute atomic E-state index is 0.0520. The molecule has 2 heterocycles. The zero-order valence-corrected chi connectivity index (χ0v) is 18.3. The number of nitrogens with zero attached hydrogens (tertiary/aromatic N) is 4. The van der Waals surface area contributed by atoms with Crippen LogP contribution in [0.3, 0.4) is 0 Å². The van der Waals surface area contributed by atoms with Crippen molar-refractivity contribution < 1.29 is 9.59 Å². The second-order valence-corrected chi connectivity index (χ2v) is 8.87. The maximum Gasteiger partial charge on any atom is 0.257 e. The number of piperazine rings is 1. The van der Waals surface area contributed by atoms with E-state index in [0.29, 0.717) is 37.4 Å². The lowest BCUT2D eigenvalue weighted by molar-refractivity contribution is -0.140. The van der Waals surface area contributed by atoms with E-state index < -0.39 is 5.41 Å². The molecule has 0 aliphatic carbocycles. The molecule has 1 aromatic heterocycles. The Hall–Kier alpha value is -3.41. The Morgan fingerprint density at radius 3 is 1.94 bits per heavy atom. The summed E-state index contributed by atoms with van der Waals surface area (Å²) >= 11 is 0. The van der Waals surface area contributed by atoms with Crippen LogP contribution in [0.15, 0.2) is 66.9 Å². The smallest absolute Gasteiger partial charge is 0.257 e. The summed E-state index contributed by atoms with van der Waals surface area (Å²) in [6.45, 7) is 7.92. The van der Waals surface area contributed by atoms with Crippen molar-refractivity contribution in [3.8, 4) is 16.9 Å². The molecule has 6 nitrogen and oxygen atoms in total. The number of aromatic nitrogens is 2. The van der Waals surface area contributed by atoms with Crippen molar-refractivity contribution in [1.82, 2.24) is 19.6 Å². The van der Waals surface area contributed by atoms with E-state index in [2.05, 4.69) is 0 Å². The van der Waals surface area contributed by atoms with Gasteiger partial charge in [0.2, 0.25) is 5.91 Å². The van der Waals surface area contributed by atoms with Gasteiger partial charge in [-0.15, -0.1) is 0 Å². The van der Waals surface area contributed by atoms with Crippen LogP contribution in [0.4, 0.5) is 0 Å². The van der Waals surface area contributed by atoms with Gasteiger partial charge in [-0.25, -0.2) is 4.68 Å². The number of amides is 2. The van der Waals surface area contributed by atoms with Crippen LogP contribution in [-0.4, -0.2) is 57.6 Å². The second-order valence-electron chi connectivity index (χ2n) is 8.87. The molecule has 0 radical (unpaired) electrons. The fourth-order valence-electron chi connectivity index (χ4n) is 3.81. The highest BCUT2D eigenvalue weighted by atomic mass is 16.2. The average Bonchev–Trinajstić information content (AvgIpc) is 3.24. The van der Waals surface area contributed by atoms with Crippen molar-refractivity contribution in [1.29, 1.82) is 0 Å². The van der Waals surface area contributed by atoms with Crippen molar-refractivity contribution >= 4 is 11.8 Å². The monoisotopic (exact) mass is 416 g/mol. The number of hydrogen-bond donors (Lipinski definition) is 0. The molecule has 3 aromatic rings. The quantitative estimate of drug-likeness (QED) is 0.651. The van der Waals surface area contributed by atoms with Gasteiger partial charge in [-0.1, -0.05) is 69.3 Å². The summed E-state index contributed by atoms with van der Waals surface area (Å²) in [4.78, 5) is 29.7. The molecule has 1 saturated heterocycles. The summed E-state index contributed by atoms with van der Waals surface area (Å²) in [7, 11) is 0. The lowest BCUT2D eigenvalue weighted by Gasteiger charge is -2.37. The van der Waals surface area contributed by atoms with Gasteiger partial charge in [0.05, 0.1) is 11.3 Å². The van der Waals surface area contributed by atoms with Gasteiger partial charge in [0.25, 0.3) is 5.91 Å². The van der Waals surface area contributed by atoms with Crippen molar-refractivity contribution in [2.45, 2.75) is 20.8 Å². The third kappa shape index (κ3) is 4.38. The summed E-state index contributed by atoms with van der Waals surface area (Å²) in [6.07, 6.45) is 1.81. The average molecular weight is 417 g/mol. The predicted molar refractivity (Wildman–Crippen MR) is 121 cm³/mol. The fourth-order valence-corrected chi connectivity index (χ4v) is 3.81. The number of benzene rings is 2. The first-order valence-corrected chi connectivity index (χ1v) is 10.6. The molecule has 0 bridgehead atoms. The molecule has 0 spiro atoms. The molecule has 1 aliphatic rings. The van der Waals surface area contributed by atoms with Gasteiger partial charge < -0.3 is 9.80 Å². The first kappa shape index (κ1) is 20.8. The lowest BCUT2D eigenvalue weighted by Crippen LogP contribution is -2.53. The lowest BCUT2D eigenvalue weighted by atomic mass is 9.94. The van der Waals surface area contributed by atoms with Crippen molar-refractivity contribution in [3.05, 3.63) is 72.4 Å². The molecule has 1 aliphatic heterocycles. The second kappa shape index (κ2) is 8.38. The Morgan fingerprint density at radius 2 is 1.35 bits per heavy atom. The highest BCUT2D eigenvalue weighted by Crippen LogP contribution is 2.26. The molecule has 0 atom stereocenters. The minimum atomic E-state index is -0.413. The summed E-state index contributed by atoms with van der Waals surface area (Å²) in [5.74, 6) is 0.0744. The van der Waals surface area contributed by atoms with E-state index in [-0.39, 0.29) is 11.8 Å². The highest BCUT2D eigenvalue weighted by molar-refractivity contribution is 6.00. The van der Waals surface area contributed by atoms with E-state index >= 15 is 0 Å². The summed E-state index contributed by atoms with van der Waals surface area (Å²) in [6, 6.07) is 19.6. The third-order valence-electron chi connectivity index (χ3n) is 5.51. The third-order valence-corrected chi connectivity index (χ3v) is 5.51. The van der Waals surface area contributed by atoms with E-state index in [9.17, 15) is 9.59 Å². The van der Waals surface area contributed by atoms with Crippen LogP contribution in [0.2, 0.25) is 0 Å². The van der Waals surface area contributed by atoms with Crippen molar-refractivity contribution in [3.63, 3.8) is 0 Å². The summed E-state index contributed by atoms with van der Waals surface area (Å²) in [5, 5.41) is 4.75. The molecule has 160 valence electrons. The highest BCUT2D eigenvalue weighted by Gasteiger charge is 2.32. The Balaban J connectivity index is 1.61. The number of carbonyl (C=O) groups excluding carboxylic acids is 2. The van der Waals surface area contributed by atoms with Crippen LogP contribution in [0.1, 0.15) is 31.1 Å². The van der Waals surface area contributed by atoms with Crippen LogP contribution in [0.5, 0.6) is 0 Å². The first-order valence-electron chi connectivity index (χ1n) is 10.6. The van der Waals surface area contributed by atoms with Gasteiger partial charge in [-0.3, -0.25) is 9.59 Å². The Bertz CT molecular complexity index is 1060. The molecular weight excluding hydrogens is 388 g/mol. The van der Waals surface area contributed by atoms with Gasteiger partial charge in [-0.05, 0) is 12.1 Å². The van der Waals surface area contributed by atoms with Crippen molar-refractivity contribution in [2.24, 2.45) is 5.41 Å². The van der Waals surface area contributed by atoms with Crippen molar-refractivity contribution in [2.75, 3.05) is 26.2 Å². The standard InChI is InChI=1S/C25H28N4O2/c1-25(2,3)24(31)28-16-14-27(15-17-28)23(30)21-18-29(20-12-8-5-9-13-20)26-22(21)19-10-6-4-7-11-19/h4-13,18H,14-17H2,1-3H3.